The van der Waals surface area contributed by atoms with E-state index >= 15 is 0 Å². The van der Waals surface area contributed by atoms with Crippen LogP contribution in [0.1, 0.15) is 0 Å². The van der Waals surface area contributed by atoms with Crippen molar-refractivity contribution < 1.29 is 5.21 Å². The second-order valence-corrected chi connectivity index (χ2v) is 0.977. The maximum absolute atomic E-state index is 9.23. The summed E-state index contributed by atoms with van der Waals surface area (Å²) in [5, 5.41) is 11.3. The van der Waals surface area contributed by atoms with E-state index in [0.29, 0.717) is 0 Å². The SMILES string of the molecule is CN(O)/C=C/N=O. The van der Waals surface area contributed by atoms with E-state index in [1.165, 1.54) is 7.05 Å². The van der Waals surface area contributed by atoms with Crippen LogP contribution in [0.5, 0.6) is 0 Å². The minimum absolute atomic E-state index is 0.738. The Kier molecular flexibility index (Phi) is 2.87. The normalized spacial score (nSPS) is 9.43. The van der Waals surface area contributed by atoms with Crippen LogP contribution in [0.25, 0.3) is 0 Å². The van der Waals surface area contributed by atoms with E-state index in [0.717, 1.165) is 17.5 Å². The van der Waals surface area contributed by atoms with E-state index in [1.807, 2.05) is 0 Å². The largest absolute Gasteiger partial charge is 0.289 e. The molecule has 1 N–H and O–H groups in total. The van der Waals surface area contributed by atoms with Crippen molar-refractivity contribution in [1.29, 1.82) is 0 Å². The van der Waals surface area contributed by atoms with E-state index in [4.69, 9.17) is 5.21 Å². The van der Waals surface area contributed by atoms with Gasteiger partial charge in [-0.3, -0.25) is 10.3 Å². The molecule has 0 spiro atoms. The van der Waals surface area contributed by atoms with Gasteiger partial charge < -0.3 is 0 Å². The van der Waals surface area contributed by atoms with Crippen molar-refractivity contribution in [1.82, 2.24) is 5.06 Å². The van der Waals surface area contributed by atoms with Crippen molar-refractivity contribution in [2.45, 2.75) is 0 Å². The van der Waals surface area contributed by atoms with Crippen molar-refractivity contribution >= 4 is 0 Å². The summed E-state index contributed by atoms with van der Waals surface area (Å²) in [5.74, 6) is 0. The molecule has 7 heavy (non-hydrogen) atoms. The minimum Gasteiger partial charge on any atom is -0.289 e. The van der Waals surface area contributed by atoms with Crippen molar-refractivity contribution in [2.75, 3.05) is 7.05 Å². The number of rotatable bonds is 2. The average Bonchev–Trinajstić information content (AvgIpc) is 1.61. The summed E-state index contributed by atoms with van der Waals surface area (Å²) in [6, 6.07) is 0. The van der Waals surface area contributed by atoms with Gasteiger partial charge in [0.05, 0.1) is 6.20 Å². The molecule has 0 aliphatic carbocycles. The molecule has 0 aliphatic rings. The van der Waals surface area contributed by atoms with Crippen LogP contribution in [0.15, 0.2) is 17.6 Å². The first-order valence-corrected chi connectivity index (χ1v) is 1.68. The molecule has 0 saturated carbocycles. The molecule has 0 aromatic rings. The highest BCUT2D eigenvalue weighted by molar-refractivity contribution is 4.72. The van der Waals surface area contributed by atoms with E-state index in [1.54, 1.807) is 0 Å². The molecule has 0 radical (unpaired) electrons. The van der Waals surface area contributed by atoms with Gasteiger partial charge in [0.2, 0.25) is 0 Å². The van der Waals surface area contributed by atoms with Gasteiger partial charge in [0.25, 0.3) is 0 Å². The highest BCUT2D eigenvalue weighted by atomic mass is 16.5. The van der Waals surface area contributed by atoms with Crippen LogP contribution >= 0.6 is 0 Å². The van der Waals surface area contributed by atoms with Gasteiger partial charge in [0.15, 0.2) is 0 Å². The first-order chi connectivity index (χ1) is 3.27. The number of hydrogen-bond donors (Lipinski definition) is 1. The number of hydrogen-bond acceptors (Lipinski definition) is 4. The fourth-order valence-corrected chi connectivity index (χ4v) is 0.124. The minimum atomic E-state index is 0.738. The lowest BCUT2D eigenvalue weighted by Gasteiger charge is -1.96. The Bertz CT molecular complexity index is 79.0. The molecule has 0 bridgehead atoms. The lowest BCUT2D eigenvalue weighted by atomic mass is 10.9. The predicted octanol–water partition coefficient (Wildman–Crippen LogP) is 0.545. The summed E-state index contributed by atoms with van der Waals surface area (Å²) < 4.78 is 0. The fraction of sp³-hybridized carbons (Fsp3) is 0.333. The molecule has 0 unspecified atom stereocenters. The van der Waals surface area contributed by atoms with Gasteiger partial charge >= 0.3 is 0 Å². The third-order valence-corrected chi connectivity index (χ3v) is 0.343. The summed E-state index contributed by atoms with van der Waals surface area (Å²) >= 11 is 0. The van der Waals surface area contributed by atoms with Crippen LogP contribution in [-0.4, -0.2) is 17.3 Å². The summed E-state index contributed by atoms with van der Waals surface area (Å²) in [5.41, 5.74) is 0. The molecule has 0 heterocycles. The molecule has 0 saturated heterocycles. The molecule has 0 atom stereocenters. The maximum Gasteiger partial charge on any atom is 0.0897 e. The zero-order valence-corrected chi connectivity index (χ0v) is 3.90. The van der Waals surface area contributed by atoms with E-state index in [2.05, 4.69) is 5.18 Å². The second kappa shape index (κ2) is 3.30. The van der Waals surface area contributed by atoms with Crippen molar-refractivity contribution in [3.8, 4) is 0 Å². The summed E-state index contributed by atoms with van der Waals surface area (Å²) in [6.45, 7) is 0. The quantitative estimate of drug-likeness (QED) is 0.409. The van der Waals surface area contributed by atoms with Gasteiger partial charge in [0.1, 0.15) is 0 Å². The molecule has 40 valence electrons. The molecule has 0 aromatic heterocycles. The van der Waals surface area contributed by atoms with E-state index in [-0.39, 0.29) is 0 Å². The van der Waals surface area contributed by atoms with Crippen molar-refractivity contribution in [2.24, 2.45) is 5.18 Å². The van der Waals surface area contributed by atoms with Crippen LogP contribution < -0.4 is 0 Å². The van der Waals surface area contributed by atoms with Gasteiger partial charge in [-0.05, 0) is 5.18 Å². The monoisotopic (exact) mass is 102 g/mol. The highest BCUT2D eigenvalue weighted by Crippen LogP contribution is 1.74. The van der Waals surface area contributed by atoms with Crippen LogP contribution in [0.4, 0.5) is 0 Å². The molecular formula is C3H6N2O2. The second-order valence-electron chi connectivity index (χ2n) is 0.977. The Hall–Kier alpha value is -0.900. The standard InChI is InChI=1S/C3H6N2O2/c1-5(7)3-2-4-6/h2-3,7H,1H3/b3-2+. The van der Waals surface area contributed by atoms with Crippen molar-refractivity contribution in [3.05, 3.63) is 17.3 Å². The number of hydroxylamine groups is 2. The molecular weight excluding hydrogens is 96.0 g/mol. The topological polar surface area (TPSA) is 52.9 Å². The summed E-state index contributed by atoms with van der Waals surface area (Å²) in [4.78, 5) is 9.23. The highest BCUT2D eigenvalue weighted by Gasteiger charge is 1.71. The van der Waals surface area contributed by atoms with Crippen LogP contribution in [0.3, 0.4) is 0 Å². The van der Waals surface area contributed by atoms with Crippen LogP contribution in [-0.2, 0) is 0 Å². The Balaban J connectivity index is 3.25. The fourth-order valence-electron chi connectivity index (χ4n) is 0.124. The van der Waals surface area contributed by atoms with Gasteiger partial charge in [-0.2, -0.15) is 0 Å². The Labute approximate surface area is 41.0 Å². The van der Waals surface area contributed by atoms with Crippen molar-refractivity contribution in [3.63, 3.8) is 0 Å². The van der Waals surface area contributed by atoms with Crippen LogP contribution in [0.2, 0.25) is 0 Å². The Morgan fingerprint density at radius 1 is 1.86 bits per heavy atom. The van der Waals surface area contributed by atoms with Gasteiger partial charge in [-0.25, -0.2) is 0 Å². The summed E-state index contributed by atoms with van der Waals surface area (Å²) in [7, 11) is 1.38. The molecule has 0 rings (SSSR count). The summed E-state index contributed by atoms with van der Waals surface area (Å²) in [6.07, 6.45) is 2.08. The zero-order valence-electron chi connectivity index (χ0n) is 3.90. The average molecular weight is 102 g/mol. The molecule has 0 aliphatic heterocycles. The molecule has 4 heteroatoms. The van der Waals surface area contributed by atoms with Gasteiger partial charge in [-0.1, -0.05) is 0 Å². The first-order valence-electron chi connectivity index (χ1n) is 1.68. The molecule has 0 amide bonds. The Morgan fingerprint density at radius 2 is 2.43 bits per heavy atom. The predicted molar refractivity (Wildman–Crippen MR) is 24.5 cm³/mol. The maximum atomic E-state index is 9.23. The number of nitroso groups, excluding NO2 is 1. The number of nitrogens with zero attached hydrogens (tertiary/aromatic N) is 2. The first kappa shape index (κ1) is 6.10. The molecule has 4 nitrogen and oxygen atoms in total. The third-order valence-electron chi connectivity index (χ3n) is 0.343. The molecule has 0 aromatic carbocycles. The lowest BCUT2D eigenvalue weighted by molar-refractivity contribution is -0.0130. The van der Waals surface area contributed by atoms with E-state index < -0.39 is 0 Å². The van der Waals surface area contributed by atoms with Crippen LogP contribution in [0, 0.1) is 4.91 Å². The third kappa shape index (κ3) is 5.10. The smallest absolute Gasteiger partial charge is 0.0897 e. The van der Waals surface area contributed by atoms with Gasteiger partial charge in [-0.15, -0.1) is 4.91 Å². The van der Waals surface area contributed by atoms with E-state index in [9.17, 15) is 4.91 Å². The molecule has 0 fully saturated rings. The lowest BCUT2D eigenvalue weighted by Crippen LogP contribution is -2.00. The van der Waals surface area contributed by atoms with Gasteiger partial charge in [0, 0.05) is 13.2 Å². The Morgan fingerprint density at radius 3 is 2.57 bits per heavy atom. The zero-order chi connectivity index (χ0) is 5.70.